The van der Waals surface area contributed by atoms with Crippen LogP contribution in [0.4, 0.5) is 18.9 Å². The Morgan fingerprint density at radius 3 is 2.58 bits per heavy atom. The average molecular weight is 274 g/mol. The largest absolute Gasteiger partial charge is 0.492 e. The van der Waals surface area contributed by atoms with Gasteiger partial charge in [0.05, 0.1) is 11.0 Å². The predicted molar refractivity (Wildman–Crippen MR) is 58.5 cm³/mol. The van der Waals surface area contributed by atoms with E-state index in [0.29, 0.717) is 0 Å². The van der Waals surface area contributed by atoms with Crippen molar-refractivity contribution in [2.24, 2.45) is 5.92 Å². The van der Waals surface area contributed by atoms with Gasteiger partial charge in [0.15, 0.2) is 5.92 Å². The fraction of sp³-hybridized carbons (Fsp3) is 0.364. The van der Waals surface area contributed by atoms with Crippen molar-refractivity contribution in [3.8, 4) is 11.8 Å². The number of nitro benzene ring substituents is 1. The molecule has 102 valence electrons. The van der Waals surface area contributed by atoms with Crippen LogP contribution in [-0.4, -0.2) is 17.7 Å². The average Bonchev–Trinajstić information content (AvgIpc) is 2.27. The molecular formula is C11H9F3N2O3. The summed E-state index contributed by atoms with van der Waals surface area (Å²) in [4.78, 5) is 9.95. The summed E-state index contributed by atoms with van der Waals surface area (Å²) in [5.74, 6) is -2.18. The molecule has 0 bridgehead atoms. The summed E-state index contributed by atoms with van der Waals surface area (Å²) < 4.78 is 41.7. The lowest BCUT2D eigenvalue weighted by Crippen LogP contribution is -2.27. The lowest BCUT2D eigenvalue weighted by molar-refractivity contribution is -0.385. The van der Waals surface area contributed by atoms with E-state index in [0.717, 1.165) is 12.1 Å². The van der Waals surface area contributed by atoms with E-state index in [-0.39, 0.29) is 17.0 Å². The molecule has 0 aromatic heterocycles. The van der Waals surface area contributed by atoms with Gasteiger partial charge >= 0.3 is 6.18 Å². The third-order valence-corrected chi connectivity index (χ3v) is 2.33. The molecule has 1 aromatic carbocycles. The maximum atomic E-state index is 12.3. The van der Waals surface area contributed by atoms with Gasteiger partial charge in [0, 0.05) is 11.6 Å². The molecule has 0 radical (unpaired) electrons. The Hall–Kier alpha value is -2.30. The molecule has 19 heavy (non-hydrogen) atoms. The standard InChI is InChI=1S/C11H9F3N2O3/c1-7-4-9(2-3-10(7)16(17)18)19-6-8(5-15)11(12,13)14/h2-4,8H,6H2,1H3. The van der Waals surface area contributed by atoms with Gasteiger partial charge in [0.1, 0.15) is 12.4 Å². The lowest BCUT2D eigenvalue weighted by atomic mass is 10.1. The van der Waals surface area contributed by atoms with Gasteiger partial charge in [-0.15, -0.1) is 0 Å². The molecule has 0 amide bonds. The van der Waals surface area contributed by atoms with E-state index in [2.05, 4.69) is 0 Å². The highest BCUT2D eigenvalue weighted by molar-refractivity contribution is 5.44. The number of halogens is 3. The topological polar surface area (TPSA) is 76.2 Å². The summed E-state index contributed by atoms with van der Waals surface area (Å²) in [5, 5.41) is 18.9. The predicted octanol–water partition coefficient (Wildman–Crippen LogP) is 2.98. The zero-order valence-corrected chi connectivity index (χ0v) is 9.77. The van der Waals surface area contributed by atoms with E-state index in [1.165, 1.54) is 19.1 Å². The molecular weight excluding hydrogens is 265 g/mol. The minimum Gasteiger partial charge on any atom is -0.492 e. The molecule has 1 rings (SSSR count). The van der Waals surface area contributed by atoms with Gasteiger partial charge in [-0.2, -0.15) is 18.4 Å². The van der Waals surface area contributed by atoms with Crippen molar-refractivity contribution in [3.05, 3.63) is 33.9 Å². The minimum absolute atomic E-state index is 0.0487. The zero-order chi connectivity index (χ0) is 14.6. The van der Waals surface area contributed by atoms with Crippen LogP contribution in [0.15, 0.2) is 18.2 Å². The third-order valence-electron chi connectivity index (χ3n) is 2.33. The SMILES string of the molecule is Cc1cc(OCC(C#N)C(F)(F)F)ccc1[N+](=O)[O-]. The van der Waals surface area contributed by atoms with Crippen LogP contribution in [0.25, 0.3) is 0 Å². The number of ether oxygens (including phenoxy) is 1. The van der Waals surface area contributed by atoms with Gasteiger partial charge in [0.2, 0.25) is 0 Å². The normalized spacial score (nSPS) is 12.6. The molecule has 0 saturated carbocycles. The van der Waals surface area contributed by atoms with Crippen molar-refractivity contribution in [2.75, 3.05) is 6.61 Å². The molecule has 0 fully saturated rings. The summed E-state index contributed by atoms with van der Waals surface area (Å²) in [7, 11) is 0. The number of rotatable bonds is 4. The Labute approximate surface area is 106 Å². The summed E-state index contributed by atoms with van der Waals surface area (Å²) in [6.45, 7) is 0.591. The van der Waals surface area contributed by atoms with E-state index in [9.17, 15) is 23.3 Å². The molecule has 1 unspecified atom stereocenters. The zero-order valence-electron chi connectivity index (χ0n) is 9.77. The van der Waals surface area contributed by atoms with Crippen molar-refractivity contribution in [3.63, 3.8) is 0 Å². The van der Waals surface area contributed by atoms with Crippen molar-refractivity contribution in [1.29, 1.82) is 5.26 Å². The van der Waals surface area contributed by atoms with Crippen LogP contribution in [0.5, 0.6) is 5.75 Å². The number of hydrogen-bond acceptors (Lipinski definition) is 4. The number of nitro groups is 1. The molecule has 0 saturated heterocycles. The third kappa shape index (κ3) is 3.84. The number of aryl methyl sites for hydroxylation is 1. The second-order valence-electron chi connectivity index (χ2n) is 3.74. The maximum Gasteiger partial charge on any atom is 0.407 e. The molecule has 0 N–H and O–H groups in total. The Balaban J connectivity index is 2.77. The quantitative estimate of drug-likeness (QED) is 0.624. The van der Waals surface area contributed by atoms with Crippen molar-refractivity contribution >= 4 is 5.69 Å². The van der Waals surface area contributed by atoms with Gasteiger partial charge in [0.25, 0.3) is 5.69 Å². The Kier molecular flexibility index (Phi) is 4.32. The van der Waals surface area contributed by atoms with E-state index >= 15 is 0 Å². The van der Waals surface area contributed by atoms with Crippen LogP contribution in [0, 0.1) is 34.3 Å². The molecule has 8 heteroatoms. The highest BCUT2D eigenvalue weighted by Crippen LogP contribution is 2.28. The van der Waals surface area contributed by atoms with E-state index < -0.39 is 23.6 Å². The highest BCUT2D eigenvalue weighted by atomic mass is 19.4. The smallest absolute Gasteiger partial charge is 0.407 e. The number of alkyl halides is 3. The van der Waals surface area contributed by atoms with E-state index in [1.807, 2.05) is 0 Å². The minimum atomic E-state index is -4.66. The van der Waals surface area contributed by atoms with Gasteiger partial charge in [-0.05, 0) is 19.1 Å². The van der Waals surface area contributed by atoms with Crippen LogP contribution >= 0.6 is 0 Å². The molecule has 1 atom stereocenters. The number of nitrogens with zero attached hydrogens (tertiary/aromatic N) is 2. The molecule has 5 nitrogen and oxygen atoms in total. The van der Waals surface area contributed by atoms with Crippen LogP contribution in [-0.2, 0) is 0 Å². The first kappa shape index (κ1) is 14.8. The monoisotopic (exact) mass is 274 g/mol. The van der Waals surface area contributed by atoms with Gasteiger partial charge in [-0.25, -0.2) is 0 Å². The second-order valence-corrected chi connectivity index (χ2v) is 3.74. The first-order valence-corrected chi connectivity index (χ1v) is 5.10. The van der Waals surface area contributed by atoms with Crippen LogP contribution in [0.1, 0.15) is 5.56 Å². The van der Waals surface area contributed by atoms with Gasteiger partial charge < -0.3 is 4.74 Å². The van der Waals surface area contributed by atoms with Crippen molar-refractivity contribution in [1.82, 2.24) is 0 Å². The van der Waals surface area contributed by atoms with Crippen LogP contribution < -0.4 is 4.74 Å². The molecule has 0 spiro atoms. The molecule has 0 aliphatic heterocycles. The van der Waals surface area contributed by atoms with Crippen LogP contribution in [0.3, 0.4) is 0 Å². The Morgan fingerprint density at radius 1 is 1.53 bits per heavy atom. The number of benzene rings is 1. The van der Waals surface area contributed by atoms with E-state index in [1.54, 1.807) is 0 Å². The molecule has 1 aromatic rings. The first-order chi connectivity index (χ1) is 8.75. The molecule has 0 heterocycles. The van der Waals surface area contributed by atoms with Crippen molar-refractivity contribution in [2.45, 2.75) is 13.1 Å². The summed E-state index contributed by atoms with van der Waals surface area (Å²) in [6, 6.07) is 4.68. The lowest BCUT2D eigenvalue weighted by Gasteiger charge is -2.14. The Bertz CT molecular complexity index is 523. The molecule has 0 aliphatic carbocycles. The summed E-state index contributed by atoms with van der Waals surface area (Å²) in [6.07, 6.45) is -4.66. The summed E-state index contributed by atoms with van der Waals surface area (Å²) in [5.41, 5.74) is 0.114. The van der Waals surface area contributed by atoms with Gasteiger partial charge in [-0.1, -0.05) is 0 Å². The van der Waals surface area contributed by atoms with Gasteiger partial charge in [-0.3, -0.25) is 10.1 Å². The first-order valence-electron chi connectivity index (χ1n) is 5.10. The molecule has 0 aliphatic rings. The fourth-order valence-corrected chi connectivity index (χ4v) is 1.31. The second kappa shape index (κ2) is 5.56. The highest BCUT2D eigenvalue weighted by Gasteiger charge is 2.40. The number of nitriles is 1. The number of hydrogen-bond donors (Lipinski definition) is 0. The summed E-state index contributed by atoms with van der Waals surface area (Å²) >= 11 is 0. The van der Waals surface area contributed by atoms with Crippen LogP contribution in [0.2, 0.25) is 0 Å². The van der Waals surface area contributed by atoms with E-state index in [4.69, 9.17) is 10.00 Å². The Morgan fingerprint density at radius 2 is 2.16 bits per heavy atom. The maximum absolute atomic E-state index is 12.3. The van der Waals surface area contributed by atoms with Crippen molar-refractivity contribution < 1.29 is 22.8 Å². The fourth-order valence-electron chi connectivity index (χ4n) is 1.31.